The lowest BCUT2D eigenvalue weighted by Crippen LogP contribution is -2.49. The Hall–Kier alpha value is -0.170. The van der Waals surface area contributed by atoms with E-state index in [4.69, 9.17) is 4.74 Å². The molecule has 1 rings (SSSR count). The first-order chi connectivity index (χ1) is 8.24. The van der Waals surface area contributed by atoms with Gasteiger partial charge in [0.1, 0.15) is 0 Å². The fourth-order valence-electron chi connectivity index (χ4n) is 1.86. The minimum atomic E-state index is -3.14. The maximum atomic E-state index is 12.2. The Morgan fingerprint density at radius 1 is 1.39 bits per heavy atom. The maximum absolute atomic E-state index is 12.2. The summed E-state index contributed by atoms with van der Waals surface area (Å²) in [6.07, 6.45) is 0.650. The van der Waals surface area contributed by atoms with Gasteiger partial charge in [0.2, 0.25) is 10.0 Å². The number of sulfonamides is 1. The molecule has 1 atom stereocenters. The van der Waals surface area contributed by atoms with E-state index in [0.717, 1.165) is 0 Å². The van der Waals surface area contributed by atoms with Gasteiger partial charge in [-0.25, -0.2) is 8.42 Å². The molecule has 0 spiro atoms. The predicted octanol–water partition coefficient (Wildman–Crippen LogP) is 0.673. The SMILES string of the molecule is CNCC1CN(S(=O)(=O)CCC(C)(C)C)CCO1. The third-order valence-corrected chi connectivity index (χ3v) is 4.88. The van der Waals surface area contributed by atoms with Crippen molar-refractivity contribution >= 4 is 10.0 Å². The van der Waals surface area contributed by atoms with E-state index in [2.05, 4.69) is 26.1 Å². The second kappa shape index (κ2) is 6.32. The molecule has 0 radical (unpaired) electrons. The molecule has 6 heteroatoms. The number of morpholine rings is 1. The fourth-order valence-corrected chi connectivity index (χ4v) is 3.73. The van der Waals surface area contributed by atoms with E-state index >= 15 is 0 Å². The van der Waals surface area contributed by atoms with Crippen molar-refractivity contribution in [2.24, 2.45) is 5.41 Å². The minimum Gasteiger partial charge on any atom is -0.374 e. The lowest BCUT2D eigenvalue weighted by molar-refractivity contribution is 0.000781. The molecule has 0 saturated carbocycles. The van der Waals surface area contributed by atoms with Gasteiger partial charge >= 0.3 is 0 Å². The maximum Gasteiger partial charge on any atom is 0.214 e. The van der Waals surface area contributed by atoms with Gasteiger partial charge in [0.05, 0.1) is 18.5 Å². The van der Waals surface area contributed by atoms with E-state index < -0.39 is 10.0 Å². The number of hydrogen-bond donors (Lipinski definition) is 1. The van der Waals surface area contributed by atoms with Crippen molar-refractivity contribution in [1.29, 1.82) is 0 Å². The van der Waals surface area contributed by atoms with Gasteiger partial charge in [0, 0.05) is 19.6 Å². The summed E-state index contributed by atoms with van der Waals surface area (Å²) in [6.45, 7) is 8.30. The van der Waals surface area contributed by atoms with Crippen molar-refractivity contribution in [2.45, 2.75) is 33.3 Å². The highest BCUT2D eigenvalue weighted by atomic mass is 32.2. The van der Waals surface area contributed by atoms with Crippen molar-refractivity contribution in [3.8, 4) is 0 Å². The number of likely N-dealkylation sites (N-methyl/N-ethyl adjacent to an activating group) is 1. The zero-order chi connectivity index (χ0) is 13.8. The average molecular weight is 278 g/mol. The summed E-state index contributed by atoms with van der Waals surface area (Å²) in [7, 11) is -1.30. The Balaban J connectivity index is 2.56. The van der Waals surface area contributed by atoms with Gasteiger partial charge in [-0.1, -0.05) is 20.8 Å². The first-order valence-corrected chi connectivity index (χ1v) is 8.09. The Morgan fingerprint density at radius 3 is 2.61 bits per heavy atom. The van der Waals surface area contributed by atoms with E-state index in [1.807, 2.05) is 7.05 Å². The van der Waals surface area contributed by atoms with E-state index in [0.29, 0.717) is 32.7 Å². The second-order valence-corrected chi connectivity index (χ2v) is 8.12. The molecule has 0 amide bonds. The van der Waals surface area contributed by atoms with Crippen LogP contribution in [0.4, 0.5) is 0 Å². The van der Waals surface area contributed by atoms with Crippen LogP contribution >= 0.6 is 0 Å². The topological polar surface area (TPSA) is 58.6 Å². The van der Waals surface area contributed by atoms with Gasteiger partial charge in [-0.15, -0.1) is 0 Å². The summed E-state index contributed by atoms with van der Waals surface area (Å²) in [4.78, 5) is 0. The molecule has 1 fully saturated rings. The van der Waals surface area contributed by atoms with Gasteiger partial charge < -0.3 is 10.1 Å². The molecule has 1 unspecified atom stereocenters. The fraction of sp³-hybridized carbons (Fsp3) is 1.00. The number of ether oxygens (including phenoxy) is 1. The van der Waals surface area contributed by atoms with Crippen molar-refractivity contribution in [1.82, 2.24) is 9.62 Å². The largest absolute Gasteiger partial charge is 0.374 e. The van der Waals surface area contributed by atoms with Gasteiger partial charge in [-0.2, -0.15) is 4.31 Å². The summed E-state index contributed by atoms with van der Waals surface area (Å²) >= 11 is 0. The number of rotatable bonds is 5. The van der Waals surface area contributed by atoms with Crippen LogP contribution < -0.4 is 5.32 Å². The molecule has 0 aromatic rings. The molecule has 5 nitrogen and oxygen atoms in total. The Kier molecular flexibility index (Phi) is 5.58. The zero-order valence-electron chi connectivity index (χ0n) is 11.9. The minimum absolute atomic E-state index is 0.0341. The molecule has 0 aromatic carbocycles. The van der Waals surface area contributed by atoms with Crippen LogP contribution in [0.2, 0.25) is 0 Å². The summed E-state index contributed by atoms with van der Waals surface area (Å²) in [5.41, 5.74) is 0.0454. The van der Waals surface area contributed by atoms with Crippen molar-refractivity contribution < 1.29 is 13.2 Å². The molecular formula is C12H26N2O3S. The third-order valence-electron chi connectivity index (χ3n) is 3.04. The smallest absolute Gasteiger partial charge is 0.214 e. The summed E-state index contributed by atoms with van der Waals surface area (Å²) in [6, 6.07) is 0. The quantitative estimate of drug-likeness (QED) is 0.803. The lowest BCUT2D eigenvalue weighted by atomic mass is 9.94. The Bertz CT molecular complexity index is 347. The monoisotopic (exact) mass is 278 g/mol. The second-order valence-electron chi connectivity index (χ2n) is 6.04. The Morgan fingerprint density at radius 2 is 2.06 bits per heavy atom. The molecule has 0 aliphatic carbocycles. The number of nitrogens with one attached hydrogen (secondary N) is 1. The Labute approximate surface area is 111 Å². The van der Waals surface area contributed by atoms with Crippen LogP contribution in [0.25, 0.3) is 0 Å². The molecule has 1 N–H and O–H groups in total. The molecule has 18 heavy (non-hydrogen) atoms. The first kappa shape index (κ1) is 15.9. The van der Waals surface area contributed by atoms with Gasteiger partial charge in [0.15, 0.2) is 0 Å². The van der Waals surface area contributed by atoms with E-state index in [1.165, 1.54) is 0 Å². The zero-order valence-corrected chi connectivity index (χ0v) is 12.7. The van der Waals surface area contributed by atoms with Crippen molar-refractivity contribution in [3.63, 3.8) is 0 Å². The average Bonchev–Trinajstić information content (AvgIpc) is 2.27. The molecule has 108 valence electrons. The highest BCUT2D eigenvalue weighted by Gasteiger charge is 2.29. The molecule has 1 aliphatic rings. The normalized spacial score (nSPS) is 23.2. The first-order valence-electron chi connectivity index (χ1n) is 6.49. The van der Waals surface area contributed by atoms with Crippen molar-refractivity contribution in [2.75, 3.05) is 39.0 Å². The summed E-state index contributed by atoms with van der Waals surface area (Å²) in [5.74, 6) is 0.225. The molecule has 1 aliphatic heterocycles. The van der Waals surface area contributed by atoms with Gasteiger partial charge in [-0.3, -0.25) is 0 Å². The van der Waals surface area contributed by atoms with E-state index in [9.17, 15) is 8.42 Å². The van der Waals surface area contributed by atoms with Crippen LogP contribution in [0.1, 0.15) is 27.2 Å². The van der Waals surface area contributed by atoms with Crippen LogP contribution in [0, 0.1) is 5.41 Å². The third kappa shape index (κ3) is 5.22. The van der Waals surface area contributed by atoms with Gasteiger partial charge in [-0.05, 0) is 18.9 Å². The number of hydrogen-bond acceptors (Lipinski definition) is 4. The van der Waals surface area contributed by atoms with E-state index in [1.54, 1.807) is 4.31 Å². The van der Waals surface area contributed by atoms with E-state index in [-0.39, 0.29) is 17.3 Å². The van der Waals surface area contributed by atoms with Crippen LogP contribution in [0.15, 0.2) is 0 Å². The van der Waals surface area contributed by atoms with Gasteiger partial charge in [0.25, 0.3) is 0 Å². The van der Waals surface area contributed by atoms with Crippen LogP contribution in [-0.4, -0.2) is 57.9 Å². The standard InChI is InChI=1S/C12H26N2O3S/c1-12(2,3)5-8-18(15,16)14-6-7-17-11(10-14)9-13-4/h11,13H,5-10H2,1-4H3. The molecule has 1 saturated heterocycles. The van der Waals surface area contributed by atoms with Crippen LogP contribution in [0.5, 0.6) is 0 Å². The number of nitrogens with zero attached hydrogens (tertiary/aromatic N) is 1. The highest BCUT2D eigenvalue weighted by molar-refractivity contribution is 7.89. The van der Waals surface area contributed by atoms with Crippen LogP contribution in [-0.2, 0) is 14.8 Å². The van der Waals surface area contributed by atoms with Crippen LogP contribution in [0.3, 0.4) is 0 Å². The molecular weight excluding hydrogens is 252 g/mol. The lowest BCUT2D eigenvalue weighted by Gasteiger charge is -2.32. The molecule has 0 bridgehead atoms. The summed E-state index contributed by atoms with van der Waals surface area (Å²) in [5, 5.41) is 3.02. The molecule has 1 heterocycles. The van der Waals surface area contributed by atoms with Crippen molar-refractivity contribution in [3.05, 3.63) is 0 Å². The predicted molar refractivity (Wildman–Crippen MR) is 73.1 cm³/mol. The summed E-state index contributed by atoms with van der Waals surface area (Å²) < 4.78 is 31.6. The highest BCUT2D eigenvalue weighted by Crippen LogP contribution is 2.21. The molecule has 0 aromatic heterocycles.